The molecule has 6 nitrogen and oxygen atoms in total. The van der Waals surface area contributed by atoms with Gasteiger partial charge in [-0.15, -0.1) is 0 Å². The van der Waals surface area contributed by atoms with Gasteiger partial charge in [0.2, 0.25) is 5.96 Å². The van der Waals surface area contributed by atoms with Crippen molar-refractivity contribution in [1.82, 2.24) is 14.9 Å². The van der Waals surface area contributed by atoms with Crippen molar-refractivity contribution in [3.8, 4) is 0 Å². The number of aromatic amines is 1. The molecular formula is C19H18F3N5O. The van der Waals surface area contributed by atoms with Gasteiger partial charge in [0, 0.05) is 13.5 Å². The van der Waals surface area contributed by atoms with E-state index in [1.165, 1.54) is 12.1 Å². The number of anilines is 1. The summed E-state index contributed by atoms with van der Waals surface area (Å²) >= 11 is 0. The van der Waals surface area contributed by atoms with Crippen LogP contribution < -0.4 is 4.90 Å². The number of fused-ring (bicyclic) bond motifs is 5. The second-order valence-corrected chi connectivity index (χ2v) is 7.48. The van der Waals surface area contributed by atoms with Gasteiger partial charge >= 0.3 is 6.18 Å². The lowest BCUT2D eigenvalue weighted by Crippen LogP contribution is -2.51. The molecule has 1 N–H and O–H groups in total. The lowest BCUT2D eigenvalue weighted by atomic mass is 10.1. The average Bonchev–Trinajstić information content (AvgIpc) is 3.33. The quantitative estimate of drug-likeness (QED) is 0.858. The third-order valence-corrected chi connectivity index (χ3v) is 5.71. The molecule has 2 unspecified atom stereocenters. The fourth-order valence-corrected chi connectivity index (χ4v) is 4.31. The van der Waals surface area contributed by atoms with Gasteiger partial charge in [0.25, 0.3) is 5.91 Å². The molecule has 2 aromatic rings. The molecule has 0 bridgehead atoms. The summed E-state index contributed by atoms with van der Waals surface area (Å²) < 4.78 is 38.2. The van der Waals surface area contributed by atoms with E-state index in [1.54, 1.807) is 11.9 Å². The van der Waals surface area contributed by atoms with E-state index in [4.69, 9.17) is 4.99 Å². The largest absolute Gasteiger partial charge is 0.416 e. The Balaban J connectivity index is 1.46. The summed E-state index contributed by atoms with van der Waals surface area (Å²) in [5.74, 6) is 1.57. The van der Waals surface area contributed by atoms with Crippen molar-refractivity contribution in [2.75, 3.05) is 11.9 Å². The van der Waals surface area contributed by atoms with Crippen molar-refractivity contribution < 1.29 is 18.0 Å². The van der Waals surface area contributed by atoms with Gasteiger partial charge in [0.05, 0.1) is 17.6 Å². The number of carbonyl (C=O) groups is 1. The van der Waals surface area contributed by atoms with Gasteiger partial charge in [-0.3, -0.25) is 14.6 Å². The second kappa shape index (κ2) is 5.83. The number of rotatable bonds is 2. The number of carbonyl (C=O) groups excluding carboxylic acids is 1. The Labute approximate surface area is 159 Å². The summed E-state index contributed by atoms with van der Waals surface area (Å²) in [4.78, 5) is 28.7. The van der Waals surface area contributed by atoms with Gasteiger partial charge in [-0.1, -0.05) is 12.1 Å². The van der Waals surface area contributed by atoms with E-state index in [1.807, 2.05) is 4.90 Å². The molecule has 146 valence electrons. The van der Waals surface area contributed by atoms with Crippen LogP contribution in [0.1, 0.15) is 46.7 Å². The molecule has 1 aromatic heterocycles. The highest BCUT2D eigenvalue weighted by Crippen LogP contribution is 2.39. The van der Waals surface area contributed by atoms with E-state index in [-0.39, 0.29) is 18.0 Å². The maximum atomic E-state index is 12.7. The molecular weight excluding hydrogens is 371 g/mol. The number of alkyl halides is 3. The summed E-state index contributed by atoms with van der Waals surface area (Å²) in [6.45, 7) is 0. The van der Waals surface area contributed by atoms with E-state index < -0.39 is 11.7 Å². The number of hydrogen-bond donors (Lipinski definition) is 1. The van der Waals surface area contributed by atoms with Crippen LogP contribution in [0.25, 0.3) is 0 Å². The first-order valence-corrected chi connectivity index (χ1v) is 9.23. The van der Waals surface area contributed by atoms with E-state index in [9.17, 15) is 18.0 Å². The molecule has 1 aromatic carbocycles. The van der Waals surface area contributed by atoms with Crippen molar-refractivity contribution in [2.45, 2.75) is 43.9 Å². The number of guanidine groups is 1. The molecule has 3 heterocycles. The number of benzene rings is 1. The van der Waals surface area contributed by atoms with Gasteiger partial charge in [0.15, 0.2) is 5.82 Å². The maximum absolute atomic E-state index is 12.7. The zero-order valence-corrected chi connectivity index (χ0v) is 15.1. The summed E-state index contributed by atoms with van der Waals surface area (Å²) in [7, 11) is 1.70. The second-order valence-electron chi connectivity index (χ2n) is 7.48. The van der Waals surface area contributed by atoms with Gasteiger partial charge in [-0.05, 0) is 37.0 Å². The zero-order chi connectivity index (χ0) is 19.6. The highest BCUT2D eigenvalue weighted by Gasteiger charge is 2.48. The molecule has 2 aliphatic heterocycles. The number of nitrogens with one attached hydrogen (secondary N) is 1. The van der Waals surface area contributed by atoms with E-state index in [0.29, 0.717) is 35.3 Å². The number of aromatic nitrogens is 2. The third kappa shape index (κ3) is 2.52. The number of aliphatic imine (C=N–C) groups is 1. The monoisotopic (exact) mass is 389 g/mol. The predicted octanol–water partition coefficient (Wildman–Crippen LogP) is 3.20. The smallest absolute Gasteiger partial charge is 0.336 e. The standard InChI is InChI=1S/C19H18F3N5O/c1-26-17(28)15-16(27-13-4-2-3-12(13)23-18(26)27)25-14(24-15)9-10-5-7-11(8-6-10)19(20,21)22/h5-8,12-13H,2-4,9H2,1H3,(H,24,25). The molecule has 1 amide bonds. The van der Waals surface area contributed by atoms with Crippen LogP contribution in [0, 0.1) is 0 Å². The summed E-state index contributed by atoms with van der Waals surface area (Å²) in [5.41, 5.74) is 0.418. The Morgan fingerprint density at radius 2 is 1.96 bits per heavy atom. The fourth-order valence-electron chi connectivity index (χ4n) is 4.31. The molecule has 2 atom stereocenters. The lowest BCUT2D eigenvalue weighted by molar-refractivity contribution is -0.137. The van der Waals surface area contributed by atoms with Gasteiger partial charge < -0.3 is 4.98 Å². The average molecular weight is 389 g/mol. The van der Waals surface area contributed by atoms with Gasteiger partial charge in [0.1, 0.15) is 11.5 Å². The van der Waals surface area contributed by atoms with Gasteiger partial charge in [-0.25, -0.2) is 9.98 Å². The van der Waals surface area contributed by atoms with Crippen molar-refractivity contribution in [2.24, 2.45) is 4.99 Å². The summed E-state index contributed by atoms with van der Waals surface area (Å²) in [6.07, 6.45) is -0.942. The van der Waals surface area contributed by atoms with E-state index in [2.05, 4.69) is 9.97 Å². The minimum atomic E-state index is -4.36. The van der Waals surface area contributed by atoms with Crippen molar-refractivity contribution in [3.05, 3.63) is 46.9 Å². The van der Waals surface area contributed by atoms with Crippen LogP contribution in [0.5, 0.6) is 0 Å². The van der Waals surface area contributed by atoms with Crippen LogP contribution in [0.15, 0.2) is 29.3 Å². The molecule has 0 radical (unpaired) electrons. The first-order valence-electron chi connectivity index (χ1n) is 9.23. The highest BCUT2D eigenvalue weighted by molar-refractivity contribution is 6.18. The van der Waals surface area contributed by atoms with Crippen molar-refractivity contribution in [3.63, 3.8) is 0 Å². The number of halogens is 3. The Kier molecular flexibility index (Phi) is 3.59. The van der Waals surface area contributed by atoms with E-state index in [0.717, 1.165) is 31.4 Å². The van der Waals surface area contributed by atoms with Crippen LogP contribution in [0.2, 0.25) is 0 Å². The molecule has 28 heavy (non-hydrogen) atoms. The Bertz CT molecular complexity index is 978. The highest BCUT2D eigenvalue weighted by atomic mass is 19.4. The number of nitrogens with zero attached hydrogens (tertiary/aromatic N) is 4. The normalized spacial score (nSPS) is 23.6. The number of H-pyrrole nitrogens is 1. The zero-order valence-electron chi connectivity index (χ0n) is 15.1. The Morgan fingerprint density at radius 1 is 1.21 bits per heavy atom. The minimum Gasteiger partial charge on any atom is -0.336 e. The van der Waals surface area contributed by atoms with Crippen LogP contribution in [0.3, 0.4) is 0 Å². The summed E-state index contributed by atoms with van der Waals surface area (Å²) in [6, 6.07) is 5.40. The predicted molar refractivity (Wildman–Crippen MR) is 96.3 cm³/mol. The number of amides is 1. The van der Waals surface area contributed by atoms with Crippen LogP contribution in [0.4, 0.5) is 19.0 Å². The van der Waals surface area contributed by atoms with Crippen molar-refractivity contribution >= 4 is 17.7 Å². The van der Waals surface area contributed by atoms with Gasteiger partial charge in [-0.2, -0.15) is 13.2 Å². The fraction of sp³-hybridized carbons (Fsp3) is 0.421. The Hall–Kier alpha value is -2.84. The number of hydrogen-bond acceptors (Lipinski definition) is 4. The molecule has 1 saturated carbocycles. The summed E-state index contributed by atoms with van der Waals surface area (Å²) in [5, 5.41) is 0. The molecule has 0 saturated heterocycles. The maximum Gasteiger partial charge on any atom is 0.416 e. The molecule has 1 aliphatic carbocycles. The molecule has 5 rings (SSSR count). The molecule has 0 spiro atoms. The first-order chi connectivity index (χ1) is 13.3. The SMILES string of the molecule is CN1C(=O)c2[nH]c(Cc3ccc(C(F)(F)F)cc3)nc2N2C1=NC1CCCC12. The molecule has 9 heteroatoms. The lowest BCUT2D eigenvalue weighted by Gasteiger charge is -2.33. The van der Waals surface area contributed by atoms with Crippen LogP contribution in [-0.2, 0) is 12.6 Å². The number of imidazole rings is 1. The van der Waals surface area contributed by atoms with Crippen molar-refractivity contribution in [1.29, 1.82) is 0 Å². The third-order valence-electron chi connectivity index (χ3n) is 5.71. The Morgan fingerprint density at radius 3 is 2.68 bits per heavy atom. The minimum absolute atomic E-state index is 0.186. The van der Waals surface area contributed by atoms with Crippen LogP contribution in [-0.4, -0.2) is 45.9 Å². The topological polar surface area (TPSA) is 64.6 Å². The first kappa shape index (κ1) is 17.3. The molecule has 3 aliphatic rings. The van der Waals surface area contributed by atoms with Crippen LogP contribution >= 0.6 is 0 Å². The van der Waals surface area contributed by atoms with E-state index >= 15 is 0 Å². The molecule has 1 fully saturated rings.